The zero-order valence-corrected chi connectivity index (χ0v) is 14.7. The number of ether oxygens (including phenoxy) is 2. The number of hydrogen-bond donors (Lipinski definition) is 0. The number of fused-ring (bicyclic) bond motifs is 1. The third-order valence-electron chi connectivity index (χ3n) is 4.06. The summed E-state index contributed by atoms with van der Waals surface area (Å²) in [7, 11) is 0. The summed E-state index contributed by atoms with van der Waals surface area (Å²) < 4.78 is 18.1. The number of carbonyl (C=O) groups excluding carboxylic acids is 1. The van der Waals surface area contributed by atoms with Crippen LogP contribution in [0.3, 0.4) is 0 Å². The number of esters is 1. The summed E-state index contributed by atoms with van der Waals surface area (Å²) in [5.41, 5.74) is 2.07. The molecule has 0 N–H and O–H groups in total. The SMILES string of the molecule is CCOc1ccc2oc(C(=O)Oc3ccc(-n4cnnn4)cc3)c(C)c2c1. The van der Waals surface area contributed by atoms with Crippen LogP contribution in [0.4, 0.5) is 0 Å². The highest BCUT2D eigenvalue weighted by molar-refractivity contribution is 5.97. The summed E-state index contributed by atoms with van der Waals surface area (Å²) in [5.74, 6) is 0.735. The van der Waals surface area contributed by atoms with Crippen molar-refractivity contribution in [3.63, 3.8) is 0 Å². The van der Waals surface area contributed by atoms with Gasteiger partial charge in [0.15, 0.2) is 0 Å². The minimum Gasteiger partial charge on any atom is -0.494 e. The second kappa shape index (κ2) is 6.91. The van der Waals surface area contributed by atoms with Crippen molar-refractivity contribution in [1.82, 2.24) is 20.2 Å². The van der Waals surface area contributed by atoms with Crippen LogP contribution in [0.2, 0.25) is 0 Å². The maximum Gasteiger partial charge on any atom is 0.379 e. The number of furan rings is 1. The van der Waals surface area contributed by atoms with Crippen LogP contribution in [-0.4, -0.2) is 32.8 Å². The topological polar surface area (TPSA) is 92.3 Å². The summed E-state index contributed by atoms with van der Waals surface area (Å²) in [6.07, 6.45) is 1.48. The average Bonchev–Trinajstić information content (AvgIpc) is 3.32. The number of nitrogens with zero attached hydrogens (tertiary/aromatic N) is 4. The maximum absolute atomic E-state index is 12.5. The van der Waals surface area contributed by atoms with Gasteiger partial charge in [-0.15, -0.1) is 5.10 Å². The fourth-order valence-corrected chi connectivity index (χ4v) is 2.75. The van der Waals surface area contributed by atoms with Gasteiger partial charge in [-0.25, -0.2) is 9.48 Å². The van der Waals surface area contributed by atoms with E-state index in [-0.39, 0.29) is 5.76 Å². The lowest BCUT2D eigenvalue weighted by Crippen LogP contribution is -2.08. The van der Waals surface area contributed by atoms with Crippen molar-refractivity contribution in [2.75, 3.05) is 6.61 Å². The van der Waals surface area contributed by atoms with E-state index in [1.807, 2.05) is 26.0 Å². The molecule has 0 aliphatic heterocycles. The van der Waals surface area contributed by atoms with Gasteiger partial charge in [-0.2, -0.15) is 0 Å². The molecule has 0 spiro atoms. The summed E-state index contributed by atoms with van der Waals surface area (Å²) in [6, 6.07) is 12.3. The van der Waals surface area contributed by atoms with Crippen LogP contribution >= 0.6 is 0 Å². The lowest BCUT2D eigenvalue weighted by atomic mass is 10.1. The quantitative estimate of drug-likeness (QED) is 0.396. The zero-order chi connectivity index (χ0) is 18.8. The average molecular weight is 364 g/mol. The normalized spacial score (nSPS) is 10.9. The fraction of sp³-hybridized carbons (Fsp3) is 0.158. The molecule has 0 atom stereocenters. The van der Waals surface area contributed by atoms with Gasteiger partial charge in [0.05, 0.1) is 12.3 Å². The van der Waals surface area contributed by atoms with Crippen LogP contribution < -0.4 is 9.47 Å². The van der Waals surface area contributed by atoms with Gasteiger partial charge in [-0.1, -0.05) is 0 Å². The first-order chi connectivity index (χ1) is 13.2. The second-order valence-corrected chi connectivity index (χ2v) is 5.78. The fourth-order valence-electron chi connectivity index (χ4n) is 2.75. The Morgan fingerprint density at radius 2 is 1.93 bits per heavy atom. The number of aryl methyl sites for hydroxylation is 1. The van der Waals surface area contributed by atoms with Gasteiger partial charge in [-0.3, -0.25) is 0 Å². The molecule has 27 heavy (non-hydrogen) atoms. The molecular weight excluding hydrogens is 348 g/mol. The van der Waals surface area contributed by atoms with Crippen molar-refractivity contribution in [3.05, 3.63) is 60.1 Å². The van der Waals surface area contributed by atoms with E-state index in [1.54, 1.807) is 30.3 Å². The smallest absolute Gasteiger partial charge is 0.379 e. The molecule has 0 saturated carbocycles. The van der Waals surface area contributed by atoms with Crippen LogP contribution in [0.15, 0.2) is 53.2 Å². The molecule has 0 fully saturated rings. The number of rotatable bonds is 5. The maximum atomic E-state index is 12.5. The molecule has 136 valence electrons. The van der Waals surface area contributed by atoms with Crippen molar-refractivity contribution in [1.29, 1.82) is 0 Å². The number of tetrazole rings is 1. The summed E-state index contributed by atoms with van der Waals surface area (Å²) in [6.45, 7) is 4.30. The number of hydrogen-bond acceptors (Lipinski definition) is 7. The van der Waals surface area contributed by atoms with E-state index in [0.29, 0.717) is 23.5 Å². The van der Waals surface area contributed by atoms with Gasteiger partial charge >= 0.3 is 5.97 Å². The summed E-state index contributed by atoms with van der Waals surface area (Å²) in [5, 5.41) is 11.8. The molecule has 0 aliphatic carbocycles. The Hall–Kier alpha value is -3.68. The number of carbonyl (C=O) groups is 1. The number of aromatic nitrogens is 4. The molecule has 4 aromatic rings. The molecule has 8 heteroatoms. The Labute approximate surface area is 154 Å². The Bertz CT molecular complexity index is 1090. The molecule has 0 saturated heterocycles. The molecule has 0 radical (unpaired) electrons. The van der Waals surface area contributed by atoms with Gasteiger partial charge in [0.1, 0.15) is 23.4 Å². The first-order valence-corrected chi connectivity index (χ1v) is 8.37. The highest BCUT2D eigenvalue weighted by Gasteiger charge is 2.20. The minimum absolute atomic E-state index is 0.170. The van der Waals surface area contributed by atoms with Gasteiger partial charge in [0.25, 0.3) is 0 Å². The third kappa shape index (κ3) is 3.24. The zero-order valence-electron chi connectivity index (χ0n) is 14.7. The van der Waals surface area contributed by atoms with Crippen molar-refractivity contribution in [3.8, 4) is 17.2 Å². The highest BCUT2D eigenvalue weighted by atomic mass is 16.5. The molecule has 0 aliphatic rings. The lowest BCUT2D eigenvalue weighted by molar-refractivity contribution is 0.0703. The Kier molecular flexibility index (Phi) is 4.29. The van der Waals surface area contributed by atoms with E-state index in [2.05, 4.69) is 15.5 Å². The van der Waals surface area contributed by atoms with Gasteiger partial charge in [0, 0.05) is 10.9 Å². The van der Waals surface area contributed by atoms with E-state index < -0.39 is 5.97 Å². The van der Waals surface area contributed by atoms with Gasteiger partial charge in [-0.05, 0) is 66.7 Å². The first-order valence-electron chi connectivity index (χ1n) is 8.37. The minimum atomic E-state index is -0.558. The Balaban J connectivity index is 1.56. The van der Waals surface area contributed by atoms with Crippen molar-refractivity contribution >= 4 is 16.9 Å². The van der Waals surface area contributed by atoms with Crippen molar-refractivity contribution in [2.24, 2.45) is 0 Å². The molecule has 2 heterocycles. The van der Waals surface area contributed by atoms with E-state index in [1.165, 1.54) is 11.0 Å². The standard InChI is InChI=1S/C19H16N4O4/c1-3-25-15-8-9-17-16(10-15)12(2)18(27-17)19(24)26-14-6-4-13(5-7-14)23-11-20-21-22-23/h4-11H,3H2,1-2H3. The predicted molar refractivity (Wildman–Crippen MR) is 96.2 cm³/mol. The van der Waals surface area contributed by atoms with Gasteiger partial charge in [0.2, 0.25) is 5.76 Å². The summed E-state index contributed by atoms with van der Waals surface area (Å²) in [4.78, 5) is 12.5. The highest BCUT2D eigenvalue weighted by Crippen LogP contribution is 2.29. The predicted octanol–water partition coefficient (Wildman–Crippen LogP) is 3.33. The first kappa shape index (κ1) is 16.8. The van der Waals surface area contributed by atoms with E-state index in [4.69, 9.17) is 13.9 Å². The molecule has 0 unspecified atom stereocenters. The van der Waals surface area contributed by atoms with Crippen molar-refractivity contribution in [2.45, 2.75) is 13.8 Å². The molecule has 0 amide bonds. The van der Waals surface area contributed by atoms with Crippen LogP contribution in [0.1, 0.15) is 23.0 Å². The third-order valence-corrected chi connectivity index (χ3v) is 4.06. The molecule has 0 bridgehead atoms. The molecular formula is C19H16N4O4. The Morgan fingerprint density at radius 3 is 2.63 bits per heavy atom. The number of benzene rings is 2. The van der Waals surface area contributed by atoms with Crippen molar-refractivity contribution < 1.29 is 18.7 Å². The summed E-state index contributed by atoms with van der Waals surface area (Å²) >= 11 is 0. The molecule has 2 aromatic carbocycles. The monoisotopic (exact) mass is 364 g/mol. The Morgan fingerprint density at radius 1 is 1.15 bits per heavy atom. The molecule has 4 rings (SSSR count). The van der Waals surface area contributed by atoms with E-state index in [9.17, 15) is 4.79 Å². The van der Waals surface area contributed by atoms with E-state index >= 15 is 0 Å². The van der Waals surface area contributed by atoms with Crippen LogP contribution in [0.5, 0.6) is 11.5 Å². The van der Waals surface area contributed by atoms with E-state index in [0.717, 1.165) is 16.8 Å². The molecule has 8 nitrogen and oxygen atoms in total. The van der Waals surface area contributed by atoms with Crippen LogP contribution in [0.25, 0.3) is 16.7 Å². The molecule has 2 aromatic heterocycles. The largest absolute Gasteiger partial charge is 0.494 e. The second-order valence-electron chi connectivity index (χ2n) is 5.78. The van der Waals surface area contributed by atoms with Crippen LogP contribution in [0, 0.1) is 6.92 Å². The van der Waals surface area contributed by atoms with Gasteiger partial charge < -0.3 is 13.9 Å². The lowest BCUT2D eigenvalue weighted by Gasteiger charge is -2.04. The van der Waals surface area contributed by atoms with Crippen LogP contribution in [-0.2, 0) is 0 Å².